The molecule has 0 spiro atoms. The molecule has 0 bridgehead atoms. The number of carbonyl (C=O) groups excluding carboxylic acids is 1. The van der Waals surface area contributed by atoms with Crippen molar-refractivity contribution in [2.24, 2.45) is 13.0 Å². The van der Waals surface area contributed by atoms with Crippen molar-refractivity contribution < 1.29 is 4.79 Å². The molecule has 1 saturated heterocycles. The summed E-state index contributed by atoms with van der Waals surface area (Å²) in [7, 11) is 1.96. The van der Waals surface area contributed by atoms with Gasteiger partial charge < -0.3 is 9.47 Å². The summed E-state index contributed by atoms with van der Waals surface area (Å²) in [5, 5.41) is 0. The van der Waals surface area contributed by atoms with Crippen LogP contribution < -0.4 is 0 Å². The van der Waals surface area contributed by atoms with E-state index in [0.717, 1.165) is 49.4 Å². The van der Waals surface area contributed by atoms with Crippen molar-refractivity contribution in [2.45, 2.75) is 19.3 Å². The van der Waals surface area contributed by atoms with Crippen LogP contribution in [-0.4, -0.2) is 53.4 Å². The molecule has 8 heteroatoms. The predicted molar refractivity (Wildman–Crippen MR) is 98.6 cm³/mol. The quantitative estimate of drug-likeness (QED) is 0.702. The third kappa shape index (κ3) is 3.69. The molecule has 0 aliphatic carbocycles. The van der Waals surface area contributed by atoms with Crippen LogP contribution in [0.5, 0.6) is 0 Å². The molecule has 1 fully saturated rings. The van der Waals surface area contributed by atoms with Crippen LogP contribution in [0.1, 0.15) is 28.9 Å². The first kappa shape index (κ1) is 17.3. The molecule has 1 aliphatic heterocycles. The van der Waals surface area contributed by atoms with Crippen molar-refractivity contribution in [3.05, 3.63) is 54.9 Å². The van der Waals surface area contributed by atoms with Gasteiger partial charge in [0.1, 0.15) is 12.0 Å². The Morgan fingerprint density at radius 3 is 2.52 bits per heavy atom. The van der Waals surface area contributed by atoms with E-state index in [9.17, 15) is 4.79 Å². The topological polar surface area (TPSA) is 89.7 Å². The van der Waals surface area contributed by atoms with Crippen molar-refractivity contribution in [1.82, 2.24) is 34.4 Å². The second kappa shape index (κ2) is 7.61. The van der Waals surface area contributed by atoms with Crippen molar-refractivity contribution in [3.8, 4) is 11.4 Å². The lowest BCUT2D eigenvalue weighted by Gasteiger charge is -2.32. The fourth-order valence-corrected chi connectivity index (χ4v) is 3.52. The maximum absolute atomic E-state index is 12.5. The standard InChI is InChI=1S/C19H21N7O/c1-25-13-22-11-17(25)18-16(23-4-5-24-18)8-14-2-6-26(7-3-14)19(27)15-9-20-12-21-10-15/h4-5,9-14H,2-3,6-8H2,1H3. The molecule has 0 unspecified atom stereocenters. The molecular formula is C19H21N7O. The van der Waals surface area contributed by atoms with Gasteiger partial charge in [-0.1, -0.05) is 0 Å². The number of likely N-dealkylation sites (tertiary alicyclic amines) is 1. The van der Waals surface area contributed by atoms with Gasteiger partial charge in [0, 0.05) is 44.9 Å². The predicted octanol–water partition coefficient (Wildman–Crippen LogP) is 1.76. The molecule has 138 valence electrons. The molecule has 8 nitrogen and oxygen atoms in total. The summed E-state index contributed by atoms with van der Waals surface area (Å²) in [6, 6.07) is 0. The Balaban J connectivity index is 1.42. The number of nitrogens with zero attached hydrogens (tertiary/aromatic N) is 7. The number of aryl methyl sites for hydroxylation is 1. The lowest BCUT2D eigenvalue weighted by atomic mass is 9.91. The number of hydrogen-bond acceptors (Lipinski definition) is 6. The van der Waals surface area contributed by atoms with Gasteiger partial charge in [0.05, 0.1) is 29.5 Å². The minimum atomic E-state index is 0.00382. The Morgan fingerprint density at radius 1 is 1.07 bits per heavy atom. The van der Waals surface area contributed by atoms with Crippen LogP contribution in [0, 0.1) is 5.92 Å². The number of rotatable bonds is 4. The van der Waals surface area contributed by atoms with E-state index in [4.69, 9.17) is 0 Å². The number of aromatic nitrogens is 6. The Morgan fingerprint density at radius 2 is 1.81 bits per heavy atom. The highest BCUT2D eigenvalue weighted by molar-refractivity contribution is 5.93. The second-order valence-corrected chi connectivity index (χ2v) is 6.81. The van der Waals surface area contributed by atoms with Crippen molar-refractivity contribution in [2.75, 3.05) is 13.1 Å². The zero-order chi connectivity index (χ0) is 18.6. The number of hydrogen-bond donors (Lipinski definition) is 0. The minimum absolute atomic E-state index is 0.00382. The van der Waals surface area contributed by atoms with Gasteiger partial charge in [0.15, 0.2) is 0 Å². The Hall–Kier alpha value is -3.16. The molecule has 0 saturated carbocycles. The highest BCUT2D eigenvalue weighted by Gasteiger charge is 2.25. The van der Waals surface area contributed by atoms with Crippen LogP contribution in [-0.2, 0) is 13.5 Å². The number of amides is 1. The number of piperidine rings is 1. The summed E-state index contributed by atoms with van der Waals surface area (Å²) >= 11 is 0. The largest absolute Gasteiger partial charge is 0.339 e. The maximum Gasteiger partial charge on any atom is 0.256 e. The highest BCUT2D eigenvalue weighted by Crippen LogP contribution is 2.26. The normalized spacial score (nSPS) is 15.1. The van der Waals surface area contributed by atoms with Gasteiger partial charge in [-0.3, -0.25) is 14.8 Å². The molecule has 4 rings (SSSR count). The van der Waals surface area contributed by atoms with Gasteiger partial charge in [-0.2, -0.15) is 0 Å². The minimum Gasteiger partial charge on any atom is -0.339 e. The third-order valence-corrected chi connectivity index (χ3v) is 5.02. The molecular weight excluding hydrogens is 342 g/mol. The molecule has 27 heavy (non-hydrogen) atoms. The summed E-state index contributed by atoms with van der Waals surface area (Å²) in [5.74, 6) is 0.480. The average Bonchev–Trinajstić information content (AvgIpc) is 3.15. The van der Waals surface area contributed by atoms with E-state index in [2.05, 4.69) is 24.9 Å². The van der Waals surface area contributed by atoms with E-state index in [1.807, 2.05) is 22.7 Å². The van der Waals surface area contributed by atoms with Crippen molar-refractivity contribution >= 4 is 5.91 Å². The summed E-state index contributed by atoms with van der Waals surface area (Å²) in [6.45, 7) is 1.47. The molecule has 1 amide bonds. The van der Waals surface area contributed by atoms with Gasteiger partial charge >= 0.3 is 0 Å². The van der Waals surface area contributed by atoms with E-state index < -0.39 is 0 Å². The van der Waals surface area contributed by atoms with Crippen molar-refractivity contribution in [3.63, 3.8) is 0 Å². The van der Waals surface area contributed by atoms with Crippen LogP contribution in [0.2, 0.25) is 0 Å². The summed E-state index contributed by atoms with van der Waals surface area (Å²) < 4.78 is 1.96. The summed E-state index contributed by atoms with van der Waals surface area (Å²) in [6.07, 6.45) is 14.4. The third-order valence-electron chi connectivity index (χ3n) is 5.02. The van der Waals surface area contributed by atoms with Crippen LogP contribution >= 0.6 is 0 Å². The van der Waals surface area contributed by atoms with E-state index in [1.54, 1.807) is 31.1 Å². The summed E-state index contributed by atoms with van der Waals surface area (Å²) in [5.41, 5.74) is 3.39. The van der Waals surface area contributed by atoms with Crippen molar-refractivity contribution in [1.29, 1.82) is 0 Å². The van der Waals surface area contributed by atoms with Gasteiger partial charge in [-0.05, 0) is 25.2 Å². The van der Waals surface area contributed by atoms with Gasteiger partial charge in [0.25, 0.3) is 5.91 Å². The fourth-order valence-electron chi connectivity index (χ4n) is 3.52. The zero-order valence-electron chi connectivity index (χ0n) is 15.2. The molecule has 1 aliphatic rings. The number of imidazole rings is 1. The van der Waals surface area contributed by atoms with Crippen LogP contribution in [0.15, 0.2) is 43.6 Å². The fraction of sp³-hybridized carbons (Fsp3) is 0.368. The lowest BCUT2D eigenvalue weighted by Crippen LogP contribution is -2.39. The molecule has 0 atom stereocenters. The van der Waals surface area contributed by atoms with Gasteiger partial charge in [-0.25, -0.2) is 15.0 Å². The molecule has 0 N–H and O–H groups in total. The average molecular weight is 363 g/mol. The first-order valence-corrected chi connectivity index (χ1v) is 9.03. The van der Waals surface area contributed by atoms with E-state index in [1.165, 1.54) is 6.33 Å². The van der Waals surface area contributed by atoms with Crippen LogP contribution in [0.25, 0.3) is 11.4 Å². The molecule has 3 aromatic rings. The van der Waals surface area contributed by atoms with Crippen LogP contribution in [0.3, 0.4) is 0 Å². The Kier molecular flexibility index (Phi) is 4.86. The Bertz CT molecular complexity index is 917. The molecule has 3 aromatic heterocycles. The van der Waals surface area contributed by atoms with E-state index in [0.29, 0.717) is 11.5 Å². The SMILES string of the molecule is Cn1cncc1-c1nccnc1CC1CCN(C(=O)c2cncnc2)CC1. The Labute approximate surface area is 157 Å². The monoisotopic (exact) mass is 363 g/mol. The highest BCUT2D eigenvalue weighted by atomic mass is 16.2. The molecule has 0 aromatic carbocycles. The van der Waals surface area contributed by atoms with Gasteiger partial charge in [0.2, 0.25) is 0 Å². The zero-order valence-corrected chi connectivity index (χ0v) is 15.2. The van der Waals surface area contributed by atoms with Gasteiger partial charge in [-0.15, -0.1) is 0 Å². The molecule has 4 heterocycles. The van der Waals surface area contributed by atoms with Crippen LogP contribution in [0.4, 0.5) is 0 Å². The van der Waals surface area contributed by atoms with E-state index in [-0.39, 0.29) is 5.91 Å². The van der Waals surface area contributed by atoms with E-state index >= 15 is 0 Å². The maximum atomic E-state index is 12.5. The lowest BCUT2D eigenvalue weighted by molar-refractivity contribution is 0.0689. The number of carbonyl (C=O) groups is 1. The summed E-state index contributed by atoms with van der Waals surface area (Å²) in [4.78, 5) is 35.6. The first-order chi connectivity index (χ1) is 13.2. The second-order valence-electron chi connectivity index (χ2n) is 6.81. The smallest absolute Gasteiger partial charge is 0.256 e. The first-order valence-electron chi connectivity index (χ1n) is 9.03. The molecule has 0 radical (unpaired) electrons.